The van der Waals surface area contributed by atoms with E-state index in [2.05, 4.69) is 10.3 Å². The van der Waals surface area contributed by atoms with E-state index in [1.54, 1.807) is 30.6 Å². The van der Waals surface area contributed by atoms with Crippen LogP contribution >= 0.6 is 11.6 Å². The molecule has 110 valence electrons. The fourth-order valence-electron chi connectivity index (χ4n) is 2.04. The lowest BCUT2D eigenvalue weighted by atomic mass is 10.2. The van der Waals surface area contributed by atoms with Crippen molar-refractivity contribution in [2.24, 2.45) is 5.22 Å². The van der Waals surface area contributed by atoms with Crippen molar-refractivity contribution >= 4 is 17.3 Å². The van der Waals surface area contributed by atoms with Gasteiger partial charge in [-0.25, -0.2) is 0 Å². The second-order valence-electron chi connectivity index (χ2n) is 4.93. The van der Waals surface area contributed by atoms with E-state index in [-0.39, 0.29) is 6.10 Å². The highest BCUT2D eigenvalue weighted by Crippen LogP contribution is 2.28. The monoisotopic (exact) mass is 307 g/mol. The zero-order valence-electron chi connectivity index (χ0n) is 11.6. The second-order valence-corrected chi connectivity index (χ2v) is 5.37. The van der Waals surface area contributed by atoms with E-state index in [9.17, 15) is 5.21 Å². The molecule has 0 bridgehead atoms. The summed E-state index contributed by atoms with van der Waals surface area (Å²) in [5.74, 6) is 0.625. The largest absolute Gasteiger partial charge is 0.691 e. The van der Waals surface area contributed by atoms with Gasteiger partial charge >= 0.3 is 0 Å². The first-order chi connectivity index (χ1) is 10.0. The molecule has 0 saturated heterocycles. The smallest absolute Gasteiger partial charge is 0.166 e. The van der Waals surface area contributed by atoms with E-state index in [1.807, 2.05) is 13.8 Å². The van der Waals surface area contributed by atoms with Crippen molar-refractivity contribution in [2.75, 3.05) is 5.12 Å². The van der Waals surface area contributed by atoms with Gasteiger partial charge in [-0.15, -0.1) is 9.96 Å². The summed E-state index contributed by atoms with van der Waals surface area (Å²) < 4.78 is 5.54. The number of benzene rings is 1. The van der Waals surface area contributed by atoms with Crippen LogP contribution in [0.4, 0.5) is 5.69 Å². The first-order valence-electron chi connectivity index (χ1n) is 6.49. The number of rotatable bonds is 3. The molecule has 7 nitrogen and oxygen atoms in total. The molecule has 1 aliphatic rings. The molecule has 0 fully saturated rings. The lowest BCUT2D eigenvalue weighted by Gasteiger charge is -2.20. The molecule has 1 aromatic heterocycles. The highest BCUT2D eigenvalue weighted by atomic mass is 35.5. The third kappa shape index (κ3) is 2.78. The van der Waals surface area contributed by atoms with Crippen molar-refractivity contribution in [1.29, 1.82) is 0 Å². The molecule has 0 N–H and O–H groups in total. The summed E-state index contributed by atoms with van der Waals surface area (Å²) in [7, 11) is 0. The number of ether oxygens (including phenoxy) is 1. The number of hydrogen-bond donors (Lipinski definition) is 0. The van der Waals surface area contributed by atoms with Crippen LogP contribution in [-0.4, -0.2) is 20.9 Å². The molecule has 0 spiro atoms. The van der Waals surface area contributed by atoms with Gasteiger partial charge in [0.15, 0.2) is 18.0 Å². The molecule has 0 unspecified atom stereocenters. The van der Waals surface area contributed by atoms with E-state index >= 15 is 0 Å². The quantitative estimate of drug-likeness (QED) is 0.645. The molecule has 1 aliphatic heterocycles. The number of fused-ring (bicyclic) bond motifs is 1. The van der Waals surface area contributed by atoms with E-state index in [4.69, 9.17) is 16.3 Å². The van der Waals surface area contributed by atoms with Crippen molar-refractivity contribution in [3.05, 3.63) is 46.4 Å². The fraction of sp³-hybridized carbons (Fsp3) is 0.308. The van der Waals surface area contributed by atoms with Crippen LogP contribution in [0.25, 0.3) is 0 Å². The zero-order valence-corrected chi connectivity index (χ0v) is 12.4. The molecule has 21 heavy (non-hydrogen) atoms. The summed E-state index contributed by atoms with van der Waals surface area (Å²) in [6.07, 6.45) is 3.32. The van der Waals surface area contributed by atoms with Crippen molar-refractivity contribution in [1.82, 2.24) is 9.89 Å². The standard InChI is InChI=1S/C13H14ClN5O2/c1-9(2)21-12-6-15-17(8-12)18-7-10-3-4-11(14)5-13(10)19(20)16-18/h3-6,8-9H,7H2,1-2H3. The van der Waals surface area contributed by atoms with Gasteiger partial charge < -0.3 is 9.94 Å². The molecular formula is C13H14ClN5O2. The summed E-state index contributed by atoms with van der Waals surface area (Å²) >= 11 is 5.89. The second kappa shape index (κ2) is 5.25. The van der Waals surface area contributed by atoms with Crippen LogP contribution in [0.15, 0.2) is 35.8 Å². The summed E-state index contributed by atoms with van der Waals surface area (Å²) in [6.45, 7) is 4.29. The van der Waals surface area contributed by atoms with Crippen LogP contribution in [0.2, 0.25) is 5.02 Å². The number of halogens is 1. The summed E-state index contributed by atoms with van der Waals surface area (Å²) in [5, 5.41) is 22.0. The van der Waals surface area contributed by atoms with Crippen LogP contribution in [0, 0.1) is 5.21 Å². The van der Waals surface area contributed by atoms with Gasteiger partial charge in [0.2, 0.25) is 0 Å². The lowest BCUT2D eigenvalue weighted by Crippen LogP contribution is -2.33. The van der Waals surface area contributed by atoms with Gasteiger partial charge in [-0.1, -0.05) is 16.4 Å². The molecule has 8 heteroatoms. The maximum atomic E-state index is 12.0. The van der Waals surface area contributed by atoms with Crippen LogP contribution in [-0.2, 0) is 6.54 Å². The van der Waals surface area contributed by atoms with Crippen molar-refractivity contribution in [3.63, 3.8) is 0 Å². The Morgan fingerprint density at radius 2 is 2.24 bits per heavy atom. The number of hydrogen-bond acceptors (Lipinski definition) is 5. The Labute approximate surface area is 126 Å². The summed E-state index contributed by atoms with van der Waals surface area (Å²) in [5.41, 5.74) is 1.27. The third-order valence-electron chi connectivity index (χ3n) is 2.90. The molecule has 0 radical (unpaired) electrons. The maximum absolute atomic E-state index is 12.0. The van der Waals surface area contributed by atoms with Crippen LogP contribution in [0.1, 0.15) is 19.4 Å². The minimum atomic E-state index is 0.0554. The SMILES string of the molecule is CC(C)Oc1cnn(N2Cc3ccc(Cl)cc3[N+]([O-])=N2)c1. The first kappa shape index (κ1) is 13.7. The van der Waals surface area contributed by atoms with Gasteiger partial charge in [0.25, 0.3) is 0 Å². The van der Waals surface area contributed by atoms with Gasteiger partial charge in [-0.3, -0.25) is 0 Å². The molecule has 1 aromatic carbocycles. The van der Waals surface area contributed by atoms with Gasteiger partial charge in [-0.2, -0.15) is 0 Å². The minimum Gasteiger partial charge on any atom is -0.691 e. The zero-order chi connectivity index (χ0) is 15.0. The van der Waals surface area contributed by atoms with Crippen LogP contribution in [0.3, 0.4) is 0 Å². The van der Waals surface area contributed by atoms with Gasteiger partial charge in [0, 0.05) is 16.7 Å². The summed E-state index contributed by atoms with van der Waals surface area (Å²) in [6, 6.07) is 5.15. The first-order valence-corrected chi connectivity index (χ1v) is 6.87. The molecule has 0 saturated carbocycles. The fourth-order valence-corrected chi connectivity index (χ4v) is 2.21. The van der Waals surface area contributed by atoms with E-state index in [0.29, 0.717) is 27.9 Å². The number of aromatic nitrogens is 2. The van der Waals surface area contributed by atoms with Crippen molar-refractivity contribution in [3.8, 4) is 5.75 Å². The van der Waals surface area contributed by atoms with E-state index < -0.39 is 0 Å². The van der Waals surface area contributed by atoms with Gasteiger partial charge in [-0.05, 0) is 31.1 Å². The Bertz CT molecular complexity index is 698. The molecule has 0 amide bonds. The van der Waals surface area contributed by atoms with E-state index in [1.165, 1.54) is 9.91 Å². The average Bonchev–Trinajstić information content (AvgIpc) is 2.87. The Morgan fingerprint density at radius 1 is 1.43 bits per heavy atom. The molecule has 0 atom stereocenters. The maximum Gasteiger partial charge on any atom is 0.166 e. The predicted octanol–water partition coefficient (Wildman–Crippen LogP) is 2.98. The Kier molecular flexibility index (Phi) is 3.42. The molecule has 2 aromatic rings. The summed E-state index contributed by atoms with van der Waals surface area (Å²) in [4.78, 5) is 2.01. The third-order valence-corrected chi connectivity index (χ3v) is 3.14. The predicted molar refractivity (Wildman–Crippen MR) is 77.1 cm³/mol. The van der Waals surface area contributed by atoms with Gasteiger partial charge in [0.05, 0.1) is 12.3 Å². The lowest BCUT2D eigenvalue weighted by molar-refractivity contribution is -0.450. The number of nitrogens with zero attached hydrogens (tertiary/aromatic N) is 5. The average molecular weight is 308 g/mol. The Balaban J connectivity index is 1.87. The molecule has 3 rings (SSSR count). The molecule has 0 aliphatic carbocycles. The normalized spacial score (nSPS) is 14.1. The van der Waals surface area contributed by atoms with Gasteiger partial charge in [0.1, 0.15) is 11.4 Å². The van der Waals surface area contributed by atoms with Crippen molar-refractivity contribution in [2.45, 2.75) is 26.5 Å². The van der Waals surface area contributed by atoms with E-state index in [0.717, 1.165) is 5.56 Å². The van der Waals surface area contributed by atoms with Crippen LogP contribution < -0.4 is 9.85 Å². The van der Waals surface area contributed by atoms with Crippen LogP contribution in [0.5, 0.6) is 5.75 Å². The van der Waals surface area contributed by atoms with Crippen molar-refractivity contribution < 1.29 is 9.60 Å². The minimum absolute atomic E-state index is 0.0554. The highest BCUT2D eigenvalue weighted by molar-refractivity contribution is 6.30. The molecule has 2 heterocycles. The topological polar surface area (TPSA) is 68.7 Å². The molecular weight excluding hydrogens is 294 g/mol. The Hall–Kier alpha value is -2.28. The highest BCUT2D eigenvalue weighted by Gasteiger charge is 2.25. The Morgan fingerprint density at radius 3 is 3.00 bits per heavy atom.